The molecule has 0 bridgehead atoms. The van der Waals surface area contributed by atoms with E-state index >= 15 is 0 Å². The SMILES string of the molecule is COc1cc2nc(C(=O)N3CCSCC3)cc(Nc3ccc(C)c(C)c3)c2cc1OC. The number of aryl methyl sites for hydroxylation is 2. The highest BCUT2D eigenvalue weighted by atomic mass is 32.2. The van der Waals surface area contributed by atoms with Crippen molar-refractivity contribution in [1.29, 1.82) is 0 Å². The summed E-state index contributed by atoms with van der Waals surface area (Å²) in [7, 11) is 3.21. The zero-order valence-corrected chi connectivity index (χ0v) is 19.1. The maximum absolute atomic E-state index is 13.2. The summed E-state index contributed by atoms with van der Waals surface area (Å²) in [5.41, 5.74) is 5.31. The first-order chi connectivity index (χ1) is 15.0. The summed E-state index contributed by atoms with van der Waals surface area (Å²) in [6, 6.07) is 11.8. The molecule has 0 radical (unpaired) electrons. The Labute approximate surface area is 186 Å². The van der Waals surface area contributed by atoms with Crippen LogP contribution < -0.4 is 14.8 Å². The summed E-state index contributed by atoms with van der Waals surface area (Å²) in [5, 5.41) is 4.35. The van der Waals surface area contributed by atoms with Gasteiger partial charge in [0.25, 0.3) is 5.91 Å². The van der Waals surface area contributed by atoms with Crippen LogP contribution in [0.25, 0.3) is 10.9 Å². The Balaban J connectivity index is 1.83. The maximum Gasteiger partial charge on any atom is 0.272 e. The molecule has 0 spiro atoms. The van der Waals surface area contributed by atoms with Crippen LogP contribution in [0.1, 0.15) is 21.6 Å². The van der Waals surface area contributed by atoms with Crippen LogP contribution in [-0.2, 0) is 0 Å². The van der Waals surface area contributed by atoms with Gasteiger partial charge in [0.05, 0.1) is 25.4 Å². The molecule has 0 atom stereocenters. The van der Waals surface area contributed by atoms with Crippen LogP contribution in [0.3, 0.4) is 0 Å². The Morgan fingerprint density at radius 3 is 2.39 bits per heavy atom. The summed E-state index contributed by atoms with van der Waals surface area (Å²) in [4.78, 5) is 19.8. The first-order valence-electron chi connectivity index (χ1n) is 10.3. The van der Waals surface area contributed by atoms with Gasteiger partial charge in [0.1, 0.15) is 5.69 Å². The van der Waals surface area contributed by atoms with E-state index in [0.717, 1.165) is 41.4 Å². The molecule has 3 aromatic rings. The fraction of sp³-hybridized carbons (Fsp3) is 0.333. The fourth-order valence-corrected chi connectivity index (χ4v) is 4.57. The number of fused-ring (bicyclic) bond motifs is 1. The summed E-state index contributed by atoms with van der Waals surface area (Å²) < 4.78 is 11.0. The third kappa shape index (κ3) is 4.42. The first-order valence-corrected chi connectivity index (χ1v) is 11.4. The molecule has 2 aromatic carbocycles. The van der Waals surface area contributed by atoms with Crippen LogP contribution >= 0.6 is 11.8 Å². The van der Waals surface area contributed by atoms with Crippen molar-refractivity contribution < 1.29 is 14.3 Å². The number of benzene rings is 2. The van der Waals surface area contributed by atoms with Gasteiger partial charge >= 0.3 is 0 Å². The number of hydrogen-bond acceptors (Lipinski definition) is 6. The summed E-state index contributed by atoms with van der Waals surface area (Å²) in [6.07, 6.45) is 0. The molecule has 31 heavy (non-hydrogen) atoms. The number of ether oxygens (including phenoxy) is 2. The van der Waals surface area contributed by atoms with E-state index in [0.29, 0.717) is 22.7 Å². The lowest BCUT2D eigenvalue weighted by atomic mass is 10.1. The minimum Gasteiger partial charge on any atom is -0.493 e. The zero-order valence-electron chi connectivity index (χ0n) is 18.3. The van der Waals surface area contributed by atoms with E-state index in [1.54, 1.807) is 14.2 Å². The smallest absolute Gasteiger partial charge is 0.272 e. The summed E-state index contributed by atoms with van der Waals surface area (Å²) in [6.45, 7) is 5.66. The Bertz CT molecular complexity index is 1130. The van der Waals surface area contributed by atoms with Gasteiger partial charge < -0.3 is 19.7 Å². The number of carbonyl (C=O) groups excluding carboxylic acids is 1. The lowest BCUT2D eigenvalue weighted by molar-refractivity contribution is 0.0767. The number of carbonyl (C=O) groups is 1. The Morgan fingerprint density at radius 2 is 1.71 bits per heavy atom. The van der Waals surface area contributed by atoms with E-state index in [-0.39, 0.29) is 5.91 Å². The highest BCUT2D eigenvalue weighted by molar-refractivity contribution is 7.99. The minimum atomic E-state index is -0.0416. The molecule has 1 aliphatic rings. The van der Waals surface area contributed by atoms with Gasteiger partial charge in [-0.3, -0.25) is 4.79 Å². The van der Waals surface area contributed by atoms with Gasteiger partial charge in [-0.1, -0.05) is 6.07 Å². The number of nitrogens with one attached hydrogen (secondary N) is 1. The molecule has 162 valence electrons. The lowest BCUT2D eigenvalue weighted by Crippen LogP contribution is -2.38. The molecule has 0 saturated carbocycles. The number of methoxy groups -OCH3 is 2. The highest BCUT2D eigenvalue weighted by Gasteiger charge is 2.22. The molecule has 1 aromatic heterocycles. The van der Waals surface area contributed by atoms with E-state index < -0.39 is 0 Å². The molecule has 0 aliphatic carbocycles. The standard InChI is InChI=1S/C24H27N3O3S/c1-15-5-6-17(11-16(15)2)25-19-13-21(24(28)27-7-9-31-10-8-27)26-20-14-23(30-4)22(29-3)12-18(19)20/h5-6,11-14H,7-10H2,1-4H3,(H,25,26). The first kappa shape index (κ1) is 21.3. The molecule has 6 nitrogen and oxygen atoms in total. The predicted octanol–water partition coefficient (Wildman–Crippen LogP) is 4.80. The Morgan fingerprint density at radius 1 is 1.00 bits per heavy atom. The molecular formula is C24H27N3O3S. The number of hydrogen-bond donors (Lipinski definition) is 1. The van der Waals surface area contributed by atoms with Gasteiger partial charge in [0.15, 0.2) is 11.5 Å². The van der Waals surface area contributed by atoms with Crippen LogP contribution in [0, 0.1) is 13.8 Å². The van der Waals surface area contributed by atoms with Gasteiger partial charge in [-0.15, -0.1) is 0 Å². The average molecular weight is 438 g/mol. The normalized spacial score (nSPS) is 13.9. The van der Waals surface area contributed by atoms with Crippen molar-refractivity contribution in [3.8, 4) is 11.5 Å². The van der Waals surface area contributed by atoms with Crippen molar-refractivity contribution in [3.63, 3.8) is 0 Å². The molecule has 1 N–H and O–H groups in total. The predicted molar refractivity (Wildman–Crippen MR) is 127 cm³/mol. The fourth-order valence-electron chi connectivity index (χ4n) is 3.67. The topological polar surface area (TPSA) is 63.7 Å². The van der Waals surface area contributed by atoms with Gasteiger partial charge in [0.2, 0.25) is 0 Å². The Hall–Kier alpha value is -2.93. The molecule has 1 amide bonds. The zero-order chi connectivity index (χ0) is 22.0. The molecule has 1 saturated heterocycles. The van der Waals surface area contributed by atoms with E-state index in [1.807, 2.05) is 40.9 Å². The quantitative estimate of drug-likeness (QED) is 0.619. The summed E-state index contributed by atoms with van der Waals surface area (Å²) >= 11 is 1.87. The van der Waals surface area contributed by atoms with Crippen molar-refractivity contribution >= 4 is 39.9 Å². The van der Waals surface area contributed by atoms with Crippen molar-refractivity contribution in [2.24, 2.45) is 0 Å². The number of anilines is 2. The maximum atomic E-state index is 13.2. The number of aromatic nitrogens is 1. The molecular weight excluding hydrogens is 410 g/mol. The number of nitrogens with zero attached hydrogens (tertiary/aromatic N) is 2. The van der Waals surface area contributed by atoms with E-state index in [1.165, 1.54) is 11.1 Å². The van der Waals surface area contributed by atoms with E-state index in [4.69, 9.17) is 14.5 Å². The molecule has 7 heteroatoms. The Kier molecular flexibility index (Phi) is 6.23. The van der Waals surface area contributed by atoms with Crippen LogP contribution in [-0.4, -0.2) is 54.6 Å². The van der Waals surface area contributed by atoms with Crippen LogP contribution in [0.4, 0.5) is 11.4 Å². The molecule has 1 aliphatic heterocycles. The van der Waals surface area contributed by atoms with Crippen LogP contribution in [0.2, 0.25) is 0 Å². The number of thioether (sulfide) groups is 1. The van der Waals surface area contributed by atoms with Gasteiger partial charge in [-0.05, 0) is 49.2 Å². The van der Waals surface area contributed by atoms with Gasteiger partial charge in [0, 0.05) is 41.7 Å². The third-order valence-corrected chi connectivity index (χ3v) is 6.56. The van der Waals surface area contributed by atoms with Crippen LogP contribution in [0.15, 0.2) is 36.4 Å². The minimum absolute atomic E-state index is 0.0416. The van der Waals surface area contributed by atoms with E-state index in [9.17, 15) is 4.79 Å². The second kappa shape index (κ2) is 9.06. The summed E-state index contributed by atoms with van der Waals surface area (Å²) in [5.74, 6) is 3.07. The molecule has 2 heterocycles. The van der Waals surface area contributed by atoms with Crippen molar-refractivity contribution in [2.45, 2.75) is 13.8 Å². The second-order valence-electron chi connectivity index (χ2n) is 7.61. The molecule has 4 rings (SSSR count). The van der Waals surface area contributed by atoms with Gasteiger partial charge in [-0.25, -0.2) is 4.98 Å². The second-order valence-corrected chi connectivity index (χ2v) is 8.83. The van der Waals surface area contributed by atoms with Crippen molar-refractivity contribution in [3.05, 3.63) is 53.2 Å². The van der Waals surface area contributed by atoms with Crippen LogP contribution in [0.5, 0.6) is 11.5 Å². The number of pyridine rings is 1. The lowest BCUT2D eigenvalue weighted by Gasteiger charge is -2.26. The van der Waals surface area contributed by atoms with Crippen molar-refractivity contribution in [2.75, 3.05) is 44.1 Å². The number of amides is 1. The van der Waals surface area contributed by atoms with Gasteiger partial charge in [-0.2, -0.15) is 11.8 Å². The highest BCUT2D eigenvalue weighted by Crippen LogP contribution is 2.36. The third-order valence-electron chi connectivity index (χ3n) is 5.62. The molecule has 0 unspecified atom stereocenters. The molecule has 1 fully saturated rings. The number of rotatable bonds is 5. The average Bonchev–Trinajstić information content (AvgIpc) is 2.80. The monoisotopic (exact) mass is 437 g/mol. The van der Waals surface area contributed by atoms with Crippen molar-refractivity contribution in [1.82, 2.24) is 9.88 Å². The van der Waals surface area contributed by atoms with E-state index in [2.05, 4.69) is 31.3 Å². The largest absolute Gasteiger partial charge is 0.493 e.